The van der Waals surface area contributed by atoms with Gasteiger partial charge in [-0.25, -0.2) is 9.97 Å². The molecule has 0 spiro atoms. The van der Waals surface area contributed by atoms with Gasteiger partial charge in [-0.3, -0.25) is 9.59 Å². The van der Waals surface area contributed by atoms with Crippen LogP contribution in [-0.2, 0) is 11.2 Å². The zero-order valence-corrected chi connectivity index (χ0v) is 6.69. The van der Waals surface area contributed by atoms with Crippen LogP contribution in [-0.4, -0.2) is 28.6 Å². The van der Waals surface area contributed by atoms with Gasteiger partial charge in [0, 0.05) is 0 Å². The van der Waals surface area contributed by atoms with Gasteiger partial charge >= 0.3 is 0 Å². The summed E-state index contributed by atoms with van der Waals surface area (Å²) in [4.78, 5) is 29.1. The Balaban J connectivity index is 2.43. The fourth-order valence-corrected chi connectivity index (χ4v) is 1.11. The van der Waals surface area contributed by atoms with E-state index in [0.29, 0.717) is 17.9 Å². The number of carbonyl (C=O) groups is 2. The summed E-state index contributed by atoms with van der Waals surface area (Å²) in [6, 6.07) is 0. The number of rotatable bonds is 1. The van der Waals surface area contributed by atoms with Gasteiger partial charge in [-0.05, 0) is 0 Å². The highest BCUT2D eigenvalue weighted by Crippen LogP contribution is 2.17. The number of fused-ring (bicyclic) bond motifs is 1. The fraction of sp³-hybridized carbons (Fsp3) is 0.250. The molecule has 0 saturated heterocycles. The molecule has 1 aliphatic heterocycles. The molecule has 0 atom stereocenters. The molecule has 0 amide bonds. The van der Waals surface area contributed by atoms with Crippen LogP contribution in [0.4, 0.5) is 0 Å². The van der Waals surface area contributed by atoms with Gasteiger partial charge in [0.05, 0.1) is 12.6 Å². The summed E-state index contributed by atoms with van der Waals surface area (Å²) in [6.07, 6.45) is 2.11. The summed E-state index contributed by atoms with van der Waals surface area (Å²) in [6.45, 7) is 0.0438. The predicted octanol–water partition coefficient (Wildman–Crippen LogP) is -0.207. The summed E-state index contributed by atoms with van der Waals surface area (Å²) in [7, 11) is 0. The molecule has 0 unspecified atom stereocenters. The monoisotopic (exact) mass is 178 g/mol. The fourth-order valence-electron chi connectivity index (χ4n) is 1.11. The van der Waals surface area contributed by atoms with E-state index in [0.717, 1.165) is 0 Å². The minimum Gasteiger partial charge on any atom is -0.468 e. The molecule has 0 aromatic carbocycles. The first-order valence-electron chi connectivity index (χ1n) is 3.75. The topological polar surface area (TPSA) is 69.2 Å². The van der Waals surface area contributed by atoms with E-state index in [2.05, 4.69) is 9.97 Å². The van der Waals surface area contributed by atoms with Gasteiger partial charge in [-0.15, -0.1) is 0 Å². The molecule has 0 radical (unpaired) electrons. The Labute approximate surface area is 73.8 Å². The Kier molecular flexibility index (Phi) is 1.77. The molecule has 1 aliphatic rings. The summed E-state index contributed by atoms with van der Waals surface area (Å²) in [5.74, 6) is 0.301. The zero-order valence-electron chi connectivity index (χ0n) is 6.69. The minimum atomic E-state index is -0.0511. The molecular formula is C8H6N2O3. The van der Waals surface area contributed by atoms with Gasteiger partial charge in [0.1, 0.15) is 18.0 Å². The van der Waals surface area contributed by atoms with E-state index < -0.39 is 0 Å². The average molecular weight is 178 g/mol. The number of hydrogen-bond acceptors (Lipinski definition) is 5. The number of aldehydes is 1. The van der Waals surface area contributed by atoms with E-state index in [1.807, 2.05) is 0 Å². The number of carbonyl (C=O) groups excluding carboxylic acids is 2. The highest BCUT2D eigenvalue weighted by Gasteiger charge is 2.19. The first kappa shape index (κ1) is 7.85. The van der Waals surface area contributed by atoms with Crippen molar-refractivity contribution < 1.29 is 14.3 Å². The lowest BCUT2D eigenvalue weighted by Gasteiger charge is -2.13. The third-order valence-electron chi connectivity index (χ3n) is 1.68. The molecule has 5 heteroatoms. The van der Waals surface area contributed by atoms with Gasteiger partial charge in [-0.1, -0.05) is 0 Å². The van der Waals surface area contributed by atoms with Crippen molar-refractivity contribution in [1.29, 1.82) is 0 Å². The first-order valence-corrected chi connectivity index (χ1v) is 3.75. The third-order valence-corrected chi connectivity index (χ3v) is 1.68. The molecular weight excluding hydrogens is 172 g/mol. The second-order valence-corrected chi connectivity index (χ2v) is 2.67. The van der Waals surface area contributed by atoms with E-state index in [-0.39, 0.29) is 24.5 Å². The summed E-state index contributed by atoms with van der Waals surface area (Å²) >= 11 is 0. The van der Waals surface area contributed by atoms with Crippen LogP contribution in [0.5, 0.6) is 5.88 Å². The van der Waals surface area contributed by atoms with Crippen LogP contribution in [0.25, 0.3) is 0 Å². The highest BCUT2D eigenvalue weighted by molar-refractivity contribution is 5.84. The predicted molar refractivity (Wildman–Crippen MR) is 41.6 cm³/mol. The lowest BCUT2D eigenvalue weighted by Crippen LogP contribution is -2.22. The molecule has 1 aromatic rings. The van der Waals surface area contributed by atoms with E-state index >= 15 is 0 Å². The molecule has 0 N–H and O–H groups in total. The van der Waals surface area contributed by atoms with Crippen molar-refractivity contribution >= 4 is 12.1 Å². The molecule has 0 fully saturated rings. The molecule has 5 nitrogen and oxygen atoms in total. The van der Waals surface area contributed by atoms with Gasteiger partial charge in [-0.2, -0.15) is 0 Å². The van der Waals surface area contributed by atoms with Crippen molar-refractivity contribution in [1.82, 2.24) is 9.97 Å². The molecule has 2 heterocycles. The van der Waals surface area contributed by atoms with Crippen molar-refractivity contribution in [2.24, 2.45) is 0 Å². The quantitative estimate of drug-likeness (QED) is 0.556. The molecule has 0 saturated carbocycles. The largest absolute Gasteiger partial charge is 0.468 e. The molecule has 0 bridgehead atoms. The van der Waals surface area contributed by atoms with E-state index in [1.165, 1.54) is 6.20 Å². The lowest BCUT2D eigenvalue weighted by molar-refractivity contribution is -0.121. The van der Waals surface area contributed by atoms with Gasteiger partial charge in [0.2, 0.25) is 5.88 Å². The van der Waals surface area contributed by atoms with E-state index in [1.54, 1.807) is 0 Å². The number of Topliss-reactive ketones (excluding diaryl/α,β-unsaturated/α-hetero) is 1. The third kappa shape index (κ3) is 1.40. The number of aromatic nitrogens is 2. The second kappa shape index (κ2) is 2.93. The van der Waals surface area contributed by atoms with Crippen LogP contribution in [0.15, 0.2) is 6.20 Å². The van der Waals surface area contributed by atoms with Crippen molar-refractivity contribution in [3.63, 3.8) is 0 Å². The van der Waals surface area contributed by atoms with Gasteiger partial charge in [0.15, 0.2) is 12.1 Å². The Bertz CT molecular complexity index is 376. The van der Waals surface area contributed by atoms with Crippen molar-refractivity contribution in [2.75, 3.05) is 6.61 Å². The summed E-state index contributed by atoms with van der Waals surface area (Å²) in [5.41, 5.74) is 0.665. The van der Waals surface area contributed by atoms with Crippen molar-refractivity contribution in [3.8, 4) is 5.88 Å². The van der Waals surface area contributed by atoms with Crippen LogP contribution >= 0.6 is 0 Å². The van der Waals surface area contributed by atoms with Gasteiger partial charge in [0.25, 0.3) is 0 Å². The average Bonchev–Trinajstić information content (AvgIpc) is 2.16. The summed E-state index contributed by atoms with van der Waals surface area (Å²) in [5, 5.41) is 0. The maximum absolute atomic E-state index is 10.9. The molecule has 2 rings (SSSR count). The normalized spacial score (nSPS) is 14.6. The van der Waals surface area contributed by atoms with Crippen molar-refractivity contribution in [3.05, 3.63) is 17.6 Å². The van der Waals surface area contributed by atoms with Gasteiger partial charge < -0.3 is 4.74 Å². The number of ketones is 1. The van der Waals surface area contributed by atoms with E-state index in [9.17, 15) is 9.59 Å². The molecule has 66 valence electrons. The zero-order chi connectivity index (χ0) is 9.26. The SMILES string of the molecule is O=Cc1cnc2c(n1)CC(=O)CO2. The standard InChI is InChI=1S/C8H6N2O3/c11-3-5-2-9-8-7(10-5)1-6(12)4-13-8/h2-3H,1,4H2. The number of hydrogen-bond donors (Lipinski definition) is 0. The second-order valence-electron chi connectivity index (χ2n) is 2.67. The van der Waals surface area contributed by atoms with E-state index in [4.69, 9.17) is 4.74 Å². The maximum atomic E-state index is 10.9. The van der Waals surface area contributed by atoms with Crippen LogP contribution in [0.3, 0.4) is 0 Å². The van der Waals surface area contributed by atoms with Crippen LogP contribution in [0.1, 0.15) is 16.2 Å². The Hall–Kier alpha value is -1.78. The molecule has 1 aromatic heterocycles. The number of nitrogens with zero attached hydrogens (tertiary/aromatic N) is 2. The first-order chi connectivity index (χ1) is 6.29. The molecule has 0 aliphatic carbocycles. The Morgan fingerprint density at radius 3 is 3.15 bits per heavy atom. The lowest BCUT2D eigenvalue weighted by atomic mass is 10.2. The Morgan fingerprint density at radius 1 is 1.54 bits per heavy atom. The highest BCUT2D eigenvalue weighted by atomic mass is 16.5. The molecule has 13 heavy (non-hydrogen) atoms. The Morgan fingerprint density at radius 2 is 2.38 bits per heavy atom. The van der Waals surface area contributed by atoms with Crippen molar-refractivity contribution in [2.45, 2.75) is 6.42 Å². The van der Waals surface area contributed by atoms with Crippen LogP contribution in [0, 0.1) is 0 Å². The van der Waals surface area contributed by atoms with Crippen LogP contribution in [0.2, 0.25) is 0 Å². The number of ether oxygens (including phenoxy) is 1. The summed E-state index contributed by atoms with van der Waals surface area (Å²) < 4.78 is 5.00. The minimum absolute atomic E-state index is 0.0438. The smallest absolute Gasteiger partial charge is 0.236 e. The maximum Gasteiger partial charge on any atom is 0.236 e. The van der Waals surface area contributed by atoms with Crippen LogP contribution < -0.4 is 4.74 Å².